The number of hydrogen-bond acceptors (Lipinski definition) is 3. The van der Waals surface area contributed by atoms with Crippen molar-refractivity contribution in [2.75, 3.05) is 13.9 Å². The standard InChI is InChI=1S/C9H9BrO4/c1-13-5-14-8-3-2-6(9(11)12)4-7(8)10/h2-4H,5H2,1H3,(H,11,12). The third-order valence-corrected chi connectivity index (χ3v) is 2.13. The molecule has 4 nitrogen and oxygen atoms in total. The minimum atomic E-state index is -0.969. The van der Waals surface area contributed by atoms with Crippen molar-refractivity contribution in [2.24, 2.45) is 0 Å². The van der Waals surface area contributed by atoms with Crippen LogP contribution in [-0.2, 0) is 4.74 Å². The Bertz CT molecular complexity index is 338. The molecule has 0 atom stereocenters. The molecular formula is C9H9BrO4. The van der Waals surface area contributed by atoms with Crippen molar-refractivity contribution in [1.82, 2.24) is 0 Å². The molecule has 0 radical (unpaired) electrons. The van der Waals surface area contributed by atoms with Crippen molar-refractivity contribution < 1.29 is 19.4 Å². The number of carboxylic acid groups (broad SMARTS) is 1. The molecule has 0 heterocycles. The van der Waals surface area contributed by atoms with Gasteiger partial charge in [0.25, 0.3) is 0 Å². The third-order valence-electron chi connectivity index (χ3n) is 1.51. The lowest BCUT2D eigenvalue weighted by molar-refractivity contribution is 0.0505. The summed E-state index contributed by atoms with van der Waals surface area (Å²) >= 11 is 3.20. The molecule has 0 aliphatic rings. The minimum absolute atomic E-state index is 0.130. The number of methoxy groups -OCH3 is 1. The van der Waals surface area contributed by atoms with E-state index in [9.17, 15) is 4.79 Å². The van der Waals surface area contributed by atoms with Crippen LogP contribution in [0.1, 0.15) is 10.4 Å². The number of benzene rings is 1. The molecule has 0 bridgehead atoms. The first-order chi connectivity index (χ1) is 6.65. The normalized spacial score (nSPS) is 9.86. The van der Waals surface area contributed by atoms with E-state index in [2.05, 4.69) is 15.9 Å². The average Bonchev–Trinajstić information content (AvgIpc) is 2.15. The van der Waals surface area contributed by atoms with Crippen LogP contribution in [0.4, 0.5) is 0 Å². The van der Waals surface area contributed by atoms with Crippen molar-refractivity contribution >= 4 is 21.9 Å². The van der Waals surface area contributed by atoms with E-state index in [-0.39, 0.29) is 12.4 Å². The van der Waals surface area contributed by atoms with Crippen molar-refractivity contribution in [3.8, 4) is 5.75 Å². The maximum absolute atomic E-state index is 10.6. The summed E-state index contributed by atoms with van der Waals surface area (Å²) < 4.78 is 10.5. The second-order valence-electron chi connectivity index (χ2n) is 2.50. The molecule has 1 N–H and O–H groups in total. The van der Waals surface area contributed by atoms with E-state index < -0.39 is 5.97 Å². The molecular weight excluding hydrogens is 252 g/mol. The first-order valence-corrected chi connectivity index (χ1v) is 4.59. The van der Waals surface area contributed by atoms with Gasteiger partial charge in [-0.2, -0.15) is 0 Å². The predicted molar refractivity (Wildman–Crippen MR) is 53.6 cm³/mol. The highest BCUT2D eigenvalue weighted by molar-refractivity contribution is 9.10. The van der Waals surface area contributed by atoms with Crippen LogP contribution >= 0.6 is 15.9 Å². The van der Waals surface area contributed by atoms with Gasteiger partial charge >= 0.3 is 5.97 Å². The highest BCUT2D eigenvalue weighted by Gasteiger charge is 2.06. The summed E-state index contributed by atoms with van der Waals surface area (Å²) in [5.41, 5.74) is 0.210. The highest BCUT2D eigenvalue weighted by Crippen LogP contribution is 2.25. The highest BCUT2D eigenvalue weighted by atomic mass is 79.9. The smallest absolute Gasteiger partial charge is 0.335 e. The Hall–Kier alpha value is -1.07. The Kier molecular flexibility index (Phi) is 3.91. The van der Waals surface area contributed by atoms with Crippen LogP contribution in [0.5, 0.6) is 5.75 Å². The largest absolute Gasteiger partial charge is 0.478 e. The molecule has 1 aromatic carbocycles. The first kappa shape index (κ1) is 11.0. The summed E-state index contributed by atoms with van der Waals surface area (Å²) in [6.45, 7) is 0.130. The maximum Gasteiger partial charge on any atom is 0.335 e. The van der Waals surface area contributed by atoms with E-state index in [0.29, 0.717) is 10.2 Å². The molecule has 76 valence electrons. The SMILES string of the molecule is COCOc1ccc(C(=O)O)cc1Br. The number of rotatable bonds is 4. The van der Waals surface area contributed by atoms with E-state index >= 15 is 0 Å². The maximum atomic E-state index is 10.6. The van der Waals surface area contributed by atoms with Gasteiger partial charge in [0.1, 0.15) is 5.75 Å². The van der Waals surface area contributed by atoms with E-state index in [1.54, 1.807) is 6.07 Å². The fourth-order valence-electron chi connectivity index (χ4n) is 0.873. The van der Waals surface area contributed by atoms with Crippen LogP contribution in [0.2, 0.25) is 0 Å². The Morgan fingerprint density at radius 3 is 2.79 bits per heavy atom. The van der Waals surface area contributed by atoms with Crippen molar-refractivity contribution in [3.63, 3.8) is 0 Å². The zero-order valence-electron chi connectivity index (χ0n) is 7.49. The summed E-state index contributed by atoms with van der Waals surface area (Å²) in [6, 6.07) is 4.53. The number of hydrogen-bond donors (Lipinski definition) is 1. The van der Waals surface area contributed by atoms with E-state index in [1.165, 1.54) is 19.2 Å². The molecule has 0 saturated carbocycles. The van der Waals surface area contributed by atoms with Gasteiger partial charge in [0, 0.05) is 7.11 Å². The Labute approximate surface area is 89.6 Å². The average molecular weight is 261 g/mol. The van der Waals surface area contributed by atoms with Gasteiger partial charge in [0.2, 0.25) is 0 Å². The van der Waals surface area contributed by atoms with Crippen LogP contribution in [-0.4, -0.2) is 25.0 Å². The van der Waals surface area contributed by atoms with E-state index in [1.807, 2.05) is 0 Å². The lowest BCUT2D eigenvalue weighted by Crippen LogP contribution is -2.01. The van der Waals surface area contributed by atoms with Gasteiger partial charge < -0.3 is 14.6 Å². The summed E-state index contributed by atoms with van der Waals surface area (Å²) in [7, 11) is 1.51. The minimum Gasteiger partial charge on any atom is -0.478 e. The molecule has 1 rings (SSSR count). The summed E-state index contributed by atoms with van der Waals surface area (Å²) in [4.78, 5) is 10.6. The van der Waals surface area contributed by atoms with Crippen LogP contribution in [0.3, 0.4) is 0 Å². The third kappa shape index (κ3) is 2.71. The lowest BCUT2D eigenvalue weighted by atomic mass is 10.2. The van der Waals surface area contributed by atoms with Gasteiger partial charge in [-0.1, -0.05) is 0 Å². The zero-order chi connectivity index (χ0) is 10.6. The van der Waals surface area contributed by atoms with Gasteiger partial charge in [-0.15, -0.1) is 0 Å². The Balaban J connectivity index is 2.84. The number of ether oxygens (including phenoxy) is 2. The molecule has 5 heteroatoms. The second kappa shape index (κ2) is 4.97. The predicted octanol–water partition coefficient (Wildman–Crippen LogP) is 2.13. The molecule has 0 aromatic heterocycles. The van der Waals surface area contributed by atoms with Gasteiger partial charge in [0.05, 0.1) is 10.0 Å². The molecule has 0 unspecified atom stereocenters. The van der Waals surface area contributed by atoms with Gasteiger partial charge in [-0.05, 0) is 34.1 Å². The van der Waals surface area contributed by atoms with Crippen LogP contribution < -0.4 is 4.74 Å². The lowest BCUT2D eigenvalue weighted by Gasteiger charge is -2.06. The fraction of sp³-hybridized carbons (Fsp3) is 0.222. The molecule has 14 heavy (non-hydrogen) atoms. The van der Waals surface area contributed by atoms with Crippen LogP contribution in [0.15, 0.2) is 22.7 Å². The van der Waals surface area contributed by atoms with Crippen LogP contribution in [0.25, 0.3) is 0 Å². The quantitative estimate of drug-likeness (QED) is 0.843. The zero-order valence-corrected chi connectivity index (χ0v) is 9.08. The van der Waals surface area contributed by atoms with Crippen LogP contribution in [0, 0.1) is 0 Å². The number of aromatic carboxylic acids is 1. The van der Waals surface area contributed by atoms with E-state index in [0.717, 1.165) is 0 Å². The van der Waals surface area contributed by atoms with Gasteiger partial charge in [-0.3, -0.25) is 0 Å². The number of carboxylic acids is 1. The molecule has 0 saturated heterocycles. The van der Waals surface area contributed by atoms with Gasteiger partial charge in [-0.25, -0.2) is 4.79 Å². The monoisotopic (exact) mass is 260 g/mol. The fourth-order valence-corrected chi connectivity index (χ4v) is 1.37. The van der Waals surface area contributed by atoms with Gasteiger partial charge in [0.15, 0.2) is 6.79 Å². The molecule has 0 aliphatic carbocycles. The summed E-state index contributed by atoms with van der Waals surface area (Å²) in [5, 5.41) is 8.69. The Morgan fingerprint density at radius 2 is 2.29 bits per heavy atom. The van der Waals surface area contributed by atoms with Crippen molar-refractivity contribution in [2.45, 2.75) is 0 Å². The molecule has 0 amide bonds. The first-order valence-electron chi connectivity index (χ1n) is 3.79. The molecule has 1 aromatic rings. The molecule has 0 fully saturated rings. The molecule has 0 aliphatic heterocycles. The number of halogens is 1. The van der Waals surface area contributed by atoms with E-state index in [4.69, 9.17) is 14.6 Å². The van der Waals surface area contributed by atoms with Crippen molar-refractivity contribution in [1.29, 1.82) is 0 Å². The second-order valence-corrected chi connectivity index (χ2v) is 3.36. The summed E-state index contributed by atoms with van der Waals surface area (Å²) in [5.74, 6) is -0.416. The molecule has 0 spiro atoms. The topological polar surface area (TPSA) is 55.8 Å². The van der Waals surface area contributed by atoms with Crippen molar-refractivity contribution in [3.05, 3.63) is 28.2 Å². The number of carbonyl (C=O) groups is 1. The summed E-state index contributed by atoms with van der Waals surface area (Å²) in [6.07, 6.45) is 0. The Morgan fingerprint density at radius 1 is 1.57 bits per heavy atom.